The van der Waals surface area contributed by atoms with Crippen LogP contribution in [0.1, 0.15) is 75.4 Å². The summed E-state index contributed by atoms with van der Waals surface area (Å²) in [7, 11) is 0. The zero-order valence-electron chi connectivity index (χ0n) is 14.0. The minimum absolute atomic E-state index is 0. The van der Waals surface area contributed by atoms with E-state index >= 15 is 0 Å². The third kappa shape index (κ3) is 3.42. The van der Waals surface area contributed by atoms with E-state index < -0.39 is 0 Å². The summed E-state index contributed by atoms with van der Waals surface area (Å²) in [5, 5.41) is 8.48. The van der Waals surface area contributed by atoms with Gasteiger partial charge in [-0.2, -0.15) is 5.10 Å². The second kappa shape index (κ2) is 7.49. The molecule has 0 aromatic carbocycles. The number of hydrogen-bond donors (Lipinski definition) is 1. The lowest BCUT2D eigenvalue weighted by molar-refractivity contribution is -0.0282. The first-order chi connectivity index (χ1) is 10.8. The monoisotopic (exact) mass is 340 g/mol. The number of rotatable bonds is 3. The molecule has 2 aliphatic carbocycles. The molecule has 3 fully saturated rings. The fourth-order valence-corrected chi connectivity index (χ4v) is 4.51. The van der Waals surface area contributed by atoms with Crippen LogP contribution in [0, 0.1) is 0 Å². The van der Waals surface area contributed by atoms with E-state index in [9.17, 15) is 0 Å². The molecule has 6 heteroatoms. The molecule has 1 N–H and O–H groups in total. The maximum absolute atomic E-state index is 5.90. The first-order valence-corrected chi connectivity index (χ1v) is 9.14. The molecule has 0 spiro atoms. The normalized spacial score (nSPS) is 31.6. The highest BCUT2D eigenvalue weighted by Crippen LogP contribution is 2.37. The highest BCUT2D eigenvalue weighted by molar-refractivity contribution is 5.85. The van der Waals surface area contributed by atoms with Crippen molar-refractivity contribution in [1.82, 2.24) is 20.1 Å². The van der Waals surface area contributed by atoms with E-state index in [-0.39, 0.29) is 12.4 Å². The van der Waals surface area contributed by atoms with Crippen LogP contribution in [-0.2, 0) is 11.3 Å². The average molecular weight is 341 g/mol. The van der Waals surface area contributed by atoms with E-state index in [2.05, 4.69) is 16.9 Å². The lowest BCUT2D eigenvalue weighted by atomic mass is 9.82. The van der Waals surface area contributed by atoms with Crippen molar-refractivity contribution in [2.24, 2.45) is 0 Å². The summed E-state index contributed by atoms with van der Waals surface area (Å²) in [5.41, 5.74) is 0. The van der Waals surface area contributed by atoms with E-state index in [1.165, 1.54) is 37.9 Å². The lowest BCUT2D eigenvalue weighted by Gasteiger charge is -2.39. The van der Waals surface area contributed by atoms with Crippen LogP contribution in [0.5, 0.6) is 0 Å². The number of nitrogens with one attached hydrogen (secondary N) is 1. The van der Waals surface area contributed by atoms with E-state index in [4.69, 9.17) is 14.8 Å². The largest absolute Gasteiger partial charge is 0.375 e. The predicted molar refractivity (Wildman–Crippen MR) is 92.3 cm³/mol. The molecule has 5 nitrogen and oxygen atoms in total. The van der Waals surface area contributed by atoms with Gasteiger partial charge < -0.3 is 10.1 Å². The van der Waals surface area contributed by atoms with E-state index in [0.29, 0.717) is 24.0 Å². The first kappa shape index (κ1) is 17.2. The van der Waals surface area contributed by atoms with E-state index in [0.717, 1.165) is 38.4 Å². The molecule has 1 saturated heterocycles. The van der Waals surface area contributed by atoms with Gasteiger partial charge in [0, 0.05) is 31.0 Å². The molecule has 4 rings (SSSR count). The molecule has 2 saturated carbocycles. The van der Waals surface area contributed by atoms with Crippen molar-refractivity contribution < 1.29 is 4.74 Å². The second-order valence-electron chi connectivity index (χ2n) is 7.11. The maximum atomic E-state index is 5.90. The summed E-state index contributed by atoms with van der Waals surface area (Å²) in [5.74, 6) is 3.50. The van der Waals surface area contributed by atoms with Crippen LogP contribution >= 0.6 is 12.4 Å². The summed E-state index contributed by atoms with van der Waals surface area (Å²) in [6.45, 7) is 4.97. The number of halogens is 1. The fourth-order valence-electron chi connectivity index (χ4n) is 4.51. The van der Waals surface area contributed by atoms with Crippen LogP contribution in [0.15, 0.2) is 0 Å². The third-order valence-electron chi connectivity index (χ3n) is 5.73. The molecule has 2 heterocycles. The van der Waals surface area contributed by atoms with Gasteiger partial charge in [0.2, 0.25) is 0 Å². The Morgan fingerprint density at radius 2 is 2.00 bits per heavy atom. The number of aryl methyl sites for hydroxylation is 1. The van der Waals surface area contributed by atoms with Gasteiger partial charge >= 0.3 is 0 Å². The van der Waals surface area contributed by atoms with Gasteiger partial charge in [0.25, 0.3) is 0 Å². The van der Waals surface area contributed by atoms with Crippen LogP contribution in [0.3, 0.4) is 0 Å². The quantitative estimate of drug-likeness (QED) is 0.919. The van der Waals surface area contributed by atoms with Crippen LogP contribution in [0.4, 0.5) is 0 Å². The summed E-state index contributed by atoms with van der Waals surface area (Å²) in [4.78, 5) is 5.01. The molecule has 3 atom stereocenters. The van der Waals surface area contributed by atoms with Crippen molar-refractivity contribution in [3.8, 4) is 0 Å². The van der Waals surface area contributed by atoms with Gasteiger partial charge in [-0.3, -0.25) is 0 Å². The van der Waals surface area contributed by atoms with E-state index in [1.54, 1.807) is 0 Å². The molecule has 23 heavy (non-hydrogen) atoms. The van der Waals surface area contributed by atoms with Crippen LogP contribution < -0.4 is 5.32 Å². The van der Waals surface area contributed by atoms with Gasteiger partial charge in [0.1, 0.15) is 5.82 Å². The Bertz CT molecular complexity index is 515. The first-order valence-electron chi connectivity index (χ1n) is 9.14. The zero-order valence-corrected chi connectivity index (χ0v) is 14.9. The van der Waals surface area contributed by atoms with Gasteiger partial charge in [-0.05, 0) is 39.0 Å². The number of aromatic nitrogens is 3. The number of nitrogens with zero attached hydrogens (tertiary/aromatic N) is 3. The molecule has 130 valence electrons. The van der Waals surface area contributed by atoms with Gasteiger partial charge in [0.15, 0.2) is 5.82 Å². The standard InChI is InChI=1S/C17H28N4O.ClH/c1-2-21-17(19-16(20-21)12-5-3-4-6-12)13-7-8-15-14(11-13)18-9-10-22-15;/h12-15,18H,2-11H2,1H3;1H/t13-,14+,15+;/m0./s1. The molecule has 1 aromatic rings. The number of ether oxygens (including phenoxy) is 1. The molecule has 1 aromatic heterocycles. The summed E-state index contributed by atoms with van der Waals surface area (Å²) >= 11 is 0. The predicted octanol–water partition coefficient (Wildman–Crippen LogP) is 3.00. The van der Waals surface area contributed by atoms with Gasteiger partial charge in [-0.25, -0.2) is 9.67 Å². The number of fused-ring (bicyclic) bond motifs is 1. The summed E-state index contributed by atoms with van der Waals surface area (Å²) in [6, 6.07) is 0.504. The van der Waals surface area contributed by atoms with E-state index in [1.807, 2.05) is 0 Å². The van der Waals surface area contributed by atoms with Gasteiger partial charge in [0.05, 0.1) is 12.7 Å². The summed E-state index contributed by atoms with van der Waals surface area (Å²) in [6.07, 6.45) is 9.13. The van der Waals surface area contributed by atoms with Crippen LogP contribution in [0.2, 0.25) is 0 Å². The van der Waals surface area contributed by atoms with Crippen molar-refractivity contribution in [2.75, 3.05) is 13.2 Å². The molecule has 0 radical (unpaired) electrons. The average Bonchev–Trinajstić information content (AvgIpc) is 3.23. The SMILES string of the molecule is CCn1nc(C2CCCC2)nc1[C@H]1CC[C@H]2OCCN[C@@H]2C1.Cl. The molecular formula is C17H29ClN4O. The Kier molecular flexibility index (Phi) is 5.60. The van der Waals surface area contributed by atoms with Crippen molar-refractivity contribution in [3.63, 3.8) is 0 Å². The number of morpholine rings is 1. The smallest absolute Gasteiger partial charge is 0.154 e. The second-order valence-corrected chi connectivity index (χ2v) is 7.11. The van der Waals surface area contributed by atoms with Crippen LogP contribution in [0.25, 0.3) is 0 Å². The van der Waals surface area contributed by atoms with Gasteiger partial charge in [-0.1, -0.05) is 12.8 Å². The molecule has 1 aliphatic heterocycles. The van der Waals surface area contributed by atoms with Gasteiger partial charge in [-0.15, -0.1) is 12.4 Å². The van der Waals surface area contributed by atoms with Crippen molar-refractivity contribution >= 4 is 12.4 Å². The van der Waals surface area contributed by atoms with Crippen molar-refractivity contribution in [1.29, 1.82) is 0 Å². The Hall–Kier alpha value is -0.650. The Morgan fingerprint density at radius 1 is 1.17 bits per heavy atom. The Balaban J connectivity index is 0.00000156. The molecule has 0 unspecified atom stereocenters. The minimum Gasteiger partial charge on any atom is -0.375 e. The third-order valence-corrected chi connectivity index (χ3v) is 5.73. The molecule has 3 aliphatic rings. The highest BCUT2D eigenvalue weighted by atomic mass is 35.5. The number of hydrogen-bond acceptors (Lipinski definition) is 4. The Morgan fingerprint density at radius 3 is 2.78 bits per heavy atom. The molecule has 0 amide bonds. The minimum atomic E-state index is 0. The molecular weight excluding hydrogens is 312 g/mol. The van der Waals surface area contributed by atoms with Crippen LogP contribution in [-0.4, -0.2) is 40.1 Å². The zero-order chi connectivity index (χ0) is 14.9. The highest BCUT2D eigenvalue weighted by Gasteiger charge is 2.36. The summed E-state index contributed by atoms with van der Waals surface area (Å²) < 4.78 is 8.07. The lowest BCUT2D eigenvalue weighted by Crippen LogP contribution is -2.51. The van der Waals surface area contributed by atoms with Crippen molar-refractivity contribution in [3.05, 3.63) is 11.6 Å². The molecule has 0 bridgehead atoms. The fraction of sp³-hybridized carbons (Fsp3) is 0.882. The maximum Gasteiger partial charge on any atom is 0.154 e. The topological polar surface area (TPSA) is 52.0 Å². The Labute approximate surface area is 145 Å². The van der Waals surface area contributed by atoms with Crippen molar-refractivity contribution in [2.45, 2.75) is 82.4 Å².